The van der Waals surface area contributed by atoms with Crippen molar-refractivity contribution in [3.63, 3.8) is 0 Å². The van der Waals surface area contributed by atoms with Crippen LogP contribution in [0, 0.1) is 6.92 Å². The fraction of sp³-hybridized carbons (Fsp3) is 0.391. The van der Waals surface area contributed by atoms with Gasteiger partial charge in [0.15, 0.2) is 6.61 Å². The molecule has 2 aromatic rings. The largest absolute Gasteiger partial charge is 0.484 e. The fourth-order valence-electron chi connectivity index (χ4n) is 3.66. The molecular formula is C23H28N2O3. The maximum absolute atomic E-state index is 12.6. The lowest BCUT2D eigenvalue weighted by atomic mass is 9.87. The molecule has 0 bridgehead atoms. The summed E-state index contributed by atoms with van der Waals surface area (Å²) in [6.07, 6.45) is 1.30. The SMILES string of the molecule is CCNC(=O)COc1ccc2c(c1)C(c1ccc(C)cc1)N(C(=O)CC)CC2. The lowest BCUT2D eigenvalue weighted by Gasteiger charge is -2.38. The summed E-state index contributed by atoms with van der Waals surface area (Å²) in [4.78, 5) is 26.3. The van der Waals surface area contributed by atoms with Gasteiger partial charge in [0.1, 0.15) is 5.75 Å². The summed E-state index contributed by atoms with van der Waals surface area (Å²) in [5.41, 5.74) is 4.57. The van der Waals surface area contributed by atoms with Crippen LogP contribution in [-0.2, 0) is 16.0 Å². The van der Waals surface area contributed by atoms with E-state index in [1.165, 1.54) is 11.1 Å². The second-order valence-electron chi connectivity index (χ2n) is 7.11. The maximum atomic E-state index is 12.6. The molecule has 0 spiro atoms. The predicted molar refractivity (Wildman–Crippen MR) is 109 cm³/mol. The van der Waals surface area contributed by atoms with Crippen molar-refractivity contribution in [1.29, 1.82) is 0 Å². The Morgan fingerprint density at radius 1 is 1.14 bits per heavy atom. The highest BCUT2D eigenvalue weighted by atomic mass is 16.5. The Morgan fingerprint density at radius 3 is 2.57 bits per heavy atom. The number of likely N-dealkylation sites (N-methyl/N-ethyl adjacent to an activating group) is 1. The van der Waals surface area contributed by atoms with Crippen molar-refractivity contribution in [1.82, 2.24) is 10.2 Å². The second kappa shape index (κ2) is 8.91. The molecule has 28 heavy (non-hydrogen) atoms. The van der Waals surface area contributed by atoms with E-state index >= 15 is 0 Å². The van der Waals surface area contributed by atoms with Crippen LogP contribution in [0.25, 0.3) is 0 Å². The van der Waals surface area contributed by atoms with Crippen LogP contribution in [0.3, 0.4) is 0 Å². The number of carbonyl (C=O) groups excluding carboxylic acids is 2. The average Bonchev–Trinajstić information content (AvgIpc) is 2.71. The Labute approximate surface area is 166 Å². The Balaban J connectivity index is 1.95. The number of nitrogens with one attached hydrogen (secondary N) is 1. The van der Waals surface area contributed by atoms with E-state index in [2.05, 4.69) is 42.6 Å². The van der Waals surface area contributed by atoms with Crippen LogP contribution in [0.5, 0.6) is 5.75 Å². The molecular weight excluding hydrogens is 352 g/mol. The fourth-order valence-corrected chi connectivity index (χ4v) is 3.66. The third-order valence-electron chi connectivity index (χ3n) is 5.11. The molecule has 0 aromatic heterocycles. The van der Waals surface area contributed by atoms with Gasteiger partial charge in [-0.25, -0.2) is 0 Å². The van der Waals surface area contributed by atoms with Crippen molar-refractivity contribution in [3.05, 3.63) is 64.7 Å². The van der Waals surface area contributed by atoms with Crippen molar-refractivity contribution in [3.8, 4) is 5.75 Å². The molecule has 0 aliphatic carbocycles. The van der Waals surface area contributed by atoms with Gasteiger partial charge >= 0.3 is 0 Å². The van der Waals surface area contributed by atoms with E-state index in [0.717, 1.165) is 17.5 Å². The molecule has 5 nitrogen and oxygen atoms in total. The molecule has 5 heteroatoms. The number of hydrogen-bond acceptors (Lipinski definition) is 3. The van der Waals surface area contributed by atoms with Gasteiger partial charge in [0.2, 0.25) is 5.91 Å². The van der Waals surface area contributed by atoms with E-state index in [0.29, 0.717) is 25.3 Å². The van der Waals surface area contributed by atoms with Crippen LogP contribution < -0.4 is 10.1 Å². The van der Waals surface area contributed by atoms with Gasteiger partial charge in [-0.3, -0.25) is 9.59 Å². The molecule has 1 N–H and O–H groups in total. The minimum atomic E-state index is -0.141. The van der Waals surface area contributed by atoms with Crippen LogP contribution in [0.2, 0.25) is 0 Å². The molecule has 2 amide bonds. The smallest absolute Gasteiger partial charge is 0.257 e. The van der Waals surface area contributed by atoms with E-state index in [9.17, 15) is 9.59 Å². The number of aryl methyl sites for hydroxylation is 1. The zero-order chi connectivity index (χ0) is 20.1. The highest BCUT2D eigenvalue weighted by Gasteiger charge is 2.31. The van der Waals surface area contributed by atoms with Crippen molar-refractivity contribution in [2.45, 2.75) is 39.7 Å². The summed E-state index contributed by atoms with van der Waals surface area (Å²) in [6, 6.07) is 14.1. The van der Waals surface area contributed by atoms with Gasteiger partial charge in [0.05, 0.1) is 6.04 Å². The number of rotatable bonds is 6. The van der Waals surface area contributed by atoms with Crippen LogP contribution in [0.4, 0.5) is 0 Å². The topological polar surface area (TPSA) is 58.6 Å². The minimum Gasteiger partial charge on any atom is -0.484 e. The molecule has 2 aromatic carbocycles. The third-order valence-corrected chi connectivity index (χ3v) is 5.11. The Bertz CT molecular complexity index is 845. The first-order valence-corrected chi connectivity index (χ1v) is 9.91. The predicted octanol–water partition coefficient (Wildman–Crippen LogP) is 3.39. The van der Waals surface area contributed by atoms with Crippen molar-refractivity contribution < 1.29 is 14.3 Å². The van der Waals surface area contributed by atoms with Gasteiger partial charge in [-0.2, -0.15) is 0 Å². The molecule has 1 heterocycles. The molecule has 1 aliphatic rings. The third kappa shape index (κ3) is 4.35. The maximum Gasteiger partial charge on any atom is 0.257 e. The molecule has 1 unspecified atom stereocenters. The van der Waals surface area contributed by atoms with Crippen molar-refractivity contribution in [2.75, 3.05) is 19.7 Å². The first-order valence-electron chi connectivity index (χ1n) is 9.91. The lowest BCUT2D eigenvalue weighted by molar-refractivity contribution is -0.133. The minimum absolute atomic E-state index is 0.0145. The summed E-state index contributed by atoms with van der Waals surface area (Å²) in [5, 5.41) is 2.73. The van der Waals surface area contributed by atoms with Gasteiger partial charge in [-0.15, -0.1) is 0 Å². The zero-order valence-corrected chi connectivity index (χ0v) is 16.8. The molecule has 1 atom stereocenters. The quantitative estimate of drug-likeness (QED) is 0.836. The van der Waals surface area contributed by atoms with Gasteiger partial charge in [-0.1, -0.05) is 42.8 Å². The van der Waals surface area contributed by atoms with E-state index in [-0.39, 0.29) is 24.5 Å². The number of ether oxygens (including phenoxy) is 1. The number of nitrogens with zero attached hydrogens (tertiary/aromatic N) is 1. The summed E-state index contributed by atoms with van der Waals surface area (Å²) < 4.78 is 5.70. The number of hydrogen-bond donors (Lipinski definition) is 1. The number of fused-ring (bicyclic) bond motifs is 1. The monoisotopic (exact) mass is 380 g/mol. The van der Waals surface area contributed by atoms with Crippen LogP contribution in [-0.4, -0.2) is 36.4 Å². The van der Waals surface area contributed by atoms with E-state index in [1.807, 2.05) is 30.9 Å². The van der Waals surface area contributed by atoms with Gasteiger partial charge < -0.3 is 15.0 Å². The highest BCUT2D eigenvalue weighted by Crippen LogP contribution is 2.37. The highest BCUT2D eigenvalue weighted by molar-refractivity contribution is 5.78. The zero-order valence-electron chi connectivity index (χ0n) is 16.8. The van der Waals surface area contributed by atoms with Gasteiger partial charge in [0, 0.05) is 19.5 Å². The molecule has 0 fully saturated rings. The van der Waals surface area contributed by atoms with Crippen LogP contribution in [0.15, 0.2) is 42.5 Å². The Hall–Kier alpha value is -2.82. The summed E-state index contributed by atoms with van der Waals surface area (Å²) in [6.45, 7) is 7.10. The van der Waals surface area contributed by atoms with Crippen molar-refractivity contribution >= 4 is 11.8 Å². The average molecular weight is 380 g/mol. The number of benzene rings is 2. The van der Waals surface area contributed by atoms with Gasteiger partial charge in [-0.05, 0) is 49.1 Å². The van der Waals surface area contributed by atoms with E-state index in [1.54, 1.807) is 0 Å². The second-order valence-corrected chi connectivity index (χ2v) is 7.11. The normalized spacial score (nSPS) is 15.7. The van der Waals surface area contributed by atoms with Crippen molar-refractivity contribution in [2.24, 2.45) is 0 Å². The molecule has 1 aliphatic heterocycles. The Kier molecular flexibility index (Phi) is 6.34. The molecule has 148 valence electrons. The number of carbonyl (C=O) groups is 2. The lowest BCUT2D eigenvalue weighted by Crippen LogP contribution is -2.40. The summed E-state index contributed by atoms with van der Waals surface area (Å²) in [7, 11) is 0. The standard InChI is InChI=1S/C23H28N2O3/c1-4-22(27)25-13-12-17-10-11-19(28-15-21(26)24-5-2)14-20(17)23(25)18-8-6-16(3)7-9-18/h6-11,14,23H,4-5,12-13,15H2,1-3H3,(H,24,26). The first-order chi connectivity index (χ1) is 13.5. The van der Waals surface area contributed by atoms with Gasteiger partial charge in [0.25, 0.3) is 5.91 Å². The molecule has 0 saturated heterocycles. The first kappa shape index (κ1) is 19.9. The summed E-state index contributed by atoms with van der Waals surface area (Å²) >= 11 is 0. The molecule has 3 rings (SSSR count). The van der Waals surface area contributed by atoms with Crippen LogP contribution in [0.1, 0.15) is 48.6 Å². The summed E-state index contributed by atoms with van der Waals surface area (Å²) in [5.74, 6) is 0.649. The number of amides is 2. The molecule has 0 saturated carbocycles. The van der Waals surface area contributed by atoms with Crippen LogP contribution >= 0.6 is 0 Å². The van der Waals surface area contributed by atoms with E-state index < -0.39 is 0 Å². The Morgan fingerprint density at radius 2 is 1.89 bits per heavy atom. The van der Waals surface area contributed by atoms with E-state index in [4.69, 9.17) is 4.74 Å². The molecule has 0 radical (unpaired) electrons.